The van der Waals surface area contributed by atoms with Crippen LogP contribution in [0.2, 0.25) is 0 Å². The Bertz CT molecular complexity index is 751. The second-order valence-electron chi connectivity index (χ2n) is 5.13. The van der Waals surface area contributed by atoms with Gasteiger partial charge in [-0.25, -0.2) is 0 Å². The molecule has 3 rings (SSSR count). The number of amides is 1. The molecule has 110 valence electrons. The minimum atomic E-state index is -0.288. The first-order valence-corrected chi connectivity index (χ1v) is 7.08. The quantitative estimate of drug-likeness (QED) is 0.698. The van der Waals surface area contributed by atoms with Gasteiger partial charge in [0.1, 0.15) is 5.57 Å². The fourth-order valence-corrected chi connectivity index (χ4v) is 2.48. The molecule has 2 aromatic rings. The van der Waals surface area contributed by atoms with Crippen molar-refractivity contribution < 1.29 is 9.59 Å². The average Bonchev–Trinajstić information content (AvgIpc) is 2.57. The van der Waals surface area contributed by atoms with E-state index < -0.39 is 0 Å². The van der Waals surface area contributed by atoms with Crippen molar-refractivity contribution in [1.29, 1.82) is 0 Å². The number of hydrogen-bond donors (Lipinski definition) is 1. The number of carbonyl (C=O) groups is 2. The smallest absolute Gasteiger partial charge is 0.263 e. The summed E-state index contributed by atoms with van der Waals surface area (Å²) in [5.41, 5.74) is 2.45. The zero-order valence-corrected chi connectivity index (χ0v) is 12.2. The van der Waals surface area contributed by atoms with Gasteiger partial charge in [0.2, 0.25) is 5.78 Å². The van der Waals surface area contributed by atoms with E-state index in [9.17, 15) is 9.59 Å². The maximum atomic E-state index is 12.5. The summed E-state index contributed by atoms with van der Waals surface area (Å²) >= 11 is 0. The van der Waals surface area contributed by atoms with Crippen LogP contribution in [0.5, 0.6) is 0 Å². The highest BCUT2D eigenvalue weighted by molar-refractivity contribution is 6.34. The molecule has 1 aliphatic heterocycles. The Hall–Kier alpha value is -2.88. The van der Waals surface area contributed by atoms with Crippen LogP contribution in [0.15, 0.2) is 66.4 Å². The molecule has 0 radical (unpaired) electrons. The zero-order chi connectivity index (χ0) is 15.5. The molecule has 1 aliphatic rings. The molecule has 1 amide bonds. The summed E-state index contributed by atoms with van der Waals surface area (Å²) in [7, 11) is 1.68. The summed E-state index contributed by atoms with van der Waals surface area (Å²) in [4.78, 5) is 26.3. The van der Waals surface area contributed by atoms with Gasteiger partial charge in [0, 0.05) is 25.4 Å². The van der Waals surface area contributed by atoms with Crippen molar-refractivity contribution in [2.45, 2.75) is 6.54 Å². The molecule has 0 aromatic heterocycles. The molecule has 1 heterocycles. The van der Waals surface area contributed by atoms with Crippen LogP contribution in [0.1, 0.15) is 15.9 Å². The van der Waals surface area contributed by atoms with Crippen LogP contribution in [-0.4, -0.2) is 18.7 Å². The number of hydrogen-bond acceptors (Lipinski definition) is 3. The first-order chi connectivity index (χ1) is 10.7. The van der Waals surface area contributed by atoms with Gasteiger partial charge in [0.05, 0.1) is 5.69 Å². The first-order valence-electron chi connectivity index (χ1n) is 7.08. The lowest BCUT2D eigenvalue weighted by Gasteiger charge is -2.26. The van der Waals surface area contributed by atoms with Gasteiger partial charge < -0.3 is 10.2 Å². The standard InChI is InChI=1S/C18H16N2O2/c1-20-16-10-6-5-9-14(16)17(21)15(18(20)22)12-19-11-13-7-3-2-4-8-13/h2-10,12,19H,11H2,1H3/b15-12+. The molecular formula is C18H16N2O2. The molecule has 1 N–H and O–H groups in total. The lowest BCUT2D eigenvalue weighted by atomic mass is 9.96. The van der Waals surface area contributed by atoms with Gasteiger partial charge in [-0.2, -0.15) is 0 Å². The van der Waals surface area contributed by atoms with Gasteiger partial charge in [-0.1, -0.05) is 42.5 Å². The molecule has 0 unspecified atom stereocenters. The number of fused-ring (bicyclic) bond motifs is 1. The zero-order valence-electron chi connectivity index (χ0n) is 12.2. The highest BCUT2D eigenvalue weighted by Crippen LogP contribution is 2.28. The number of anilines is 1. The Morgan fingerprint density at radius 1 is 1.00 bits per heavy atom. The highest BCUT2D eigenvalue weighted by Gasteiger charge is 2.32. The topological polar surface area (TPSA) is 49.4 Å². The number of Topliss-reactive ketones (excluding diaryl/α,β-unsaturated/α-hetero) is 1. The molecule has 0 saturated carbocycles. The number of carbonyl (C=O) groups excluding carboxylic acids is 2. The summed E-state index contributed by atoms with van der Waals surface area (Å²) in [6, 6.07) is 17.0. The SMILES string of the molecule is CN1C(=O)/C(=C/NCc2ccccc2)C(=O)c2ccccc21. The largest absolute Gasteiger partial charge is 0.386 e. The number of likely N-dealkylation sites (N-methyl/N-ethyl adjacent to an activating group) is 1. The predicted molar refractivity (Wildman–Crippen MR) is 85.5 cm³/mol. The second kappa shape index (κ2) is 5.85. The summed E-state index contributed by atoms with van der Waals surface area (Å²) in [6.07, 6.45) is 1.52. The Balaban J connectivity index is 1.83. The van der Waals surface area contributed by atoms with Crippen LogP contribution in [-0.2, 0) is 11.3 Å². The minimum Gasteiger partial charge on any atom is -0.386 e. The van der Waals surface area contributed by atoms with E-state index in [4.69, 9.17) is 0 Å². The Morgan fingerprint density at radius 2 is 1.68 bits per heavy atom. The molecule has 0 bridgehead atoms. The summed E-state index contributed by atoms with van der Waals surface area (Å²) in [6.45, 7) is 0.566. The predicted octanol–water partition coefficient (Wildman–Crippen LogP) is 2.52. The molecule has 4 heteroatoms. The fraction of sp³-hybridized carbons (Fsp3) is 0.111. The van der Waals surface area contributed by atoms with E-state index in [0.29, 0.717) is 17.8 Å². The van der Waals surface area contributed by atoms with E-state index in [-0.39, 0.29) is 17.3 Å². The summed E-state index contributed by atoms with van der Waals surface area (Å²) in [5, 5.41) is 3.05. The third-order valence-corrected chi connectivity index (χ3v) is 3.69. The van der Waals surface area contributed by atoms with Crippen molar-refractivity contribution in [1.82, 2.24) is 5.32 Å². The fourth-order valence-electron chi connectivity index (χ4n) is 2.48. The van der Waals surface area contributed by atoms with Crippen LogP contribution < -0.4 is 10.2 Å². The Labute approximate surface area is 129 Å². The molecule has 0 saturated heterocycles. The Morgan fingerprint density at radius 3 is 2.45 bits per heavy atom. The number of nitrogens with zero attached hydrogens (tertiary/aromatic N) is 1. The lowest BCUT2D eigenvalue weighted by molar-refractivity contribution is -0.114. The van der Waals surface area contributed by atoms with Crippen LogP contribution in [0.25, 0.3) is 0 Å². The van der Waals surface area contributed by atoms with Crippen molar-refractivity contribution in [3.05, 3.63) is 77.5 Å². The van der Waals surface area contributed by atoms with Crippen molar-refractivity contribution in [2.75, 3.05) is 11.9 Å². The van der Waals surface area contributed by atoms with Gasteiger partial charge in [-0.15, -0.1) is 0 Å². The molecule has 0 fully saturated rings. The molecular weight excluding hydrogens is 276 g/mol. The number of nitrogens with one attached hydrogen (secondary N) is 1. The maximum absolute atomic E-state index is 12.5. The molecule has 0 aliphatic carbocycles. The van der Waals surface area contributed by atoms with E-state index in [1.54, 1.807) is 25.2 Å². The summed E-state index contributed by atoms with van der Waals surface area (Å²) in [5.74, 6) is -0.525. The van der Waals surface area contributed by atoms with Crippen molar-refractivity contribution in [2.24, 2.45) is 0 Å². The lowest BCUT2D eigenvalue weighted by Crippen LogP contribution is -2.37. The summed E-state index contributed by atoms with van der Waals surface area (Å²) < 4.78 is 0. The number of benzene rings is 2. The van der Waals surface area contributed by atoms with Gasteiger partial charge >= 0.3 is 0 Å². The molecule has 0 spiro atoms. The number of rotatable bonds is 3. The van der Waals surface area contributed by atoms with Crippen molar-refractivity contribution in [3.63, 3.8) is 0 Å². The van der Waals surface area contributed by atoms with Crippen LogP contribution in [0, 0.1) is 0 Å². The van der Waals surface area contributed by atoms with E-state index in [1.165, 1.54) is 11.1 Å². The first kappa shape index (κ1) is 14.1. The second-order valence-corrected chi connectivity index (χ2v) is 5.13. The van der Waals surface area contributed by atoms with Crippen LogP contribution >= 0.6 is 0 Å². The van der Waals surface area contributed by atoms with E-state index in [2.05, 4.69) is 5.32 Å². The molecule has 2 aromatic carbocycles. The minimum absolute atomic E-state index is 0.164. The molecule has 4 nitrogen and oxygen atoms in total. The van der Waals surface area contributed by atoms with Crippen molar-refractivity contribution >= 4 is 17.4 Å². The highest BCUT2D eigenvalue weighted by atomic mass is 16.2. The normalized spacial score (nSPS) is 15.9. The van der Waals surface area contributed by atoms with E-state index in [1.807, 2.05) is 36.4 Å². The Kier molecular flexibility index (Phi) is 3.74. The van der Waals surface area contributed by atoms with Gasteiger partial charge in [-0.3, -0.25) is 9.59 Å². The van der Waals surface area contributed by atoms with Gasteiger partial charge in [-0.05, 0) is 17.7 Å². The maximum Gasteiger partial charge on any atom is 0.263 e. The van der Waals surface area contributed by atoms with E-state index in [0.717, 1.165) is 5.56 Å². The van der Waals surface area contributed by atoms with Crippen LogP contribution in [0.4, 0.5) is 5.69 Å². The third-order valence-electron chi connectivity index (χ3n) is 3.69. The molecule has 0 atom stereocenters. The average molecular weight is 292 g/mol. The van der Waals surface area contributed by atoms with Crippen LogP contribution in [0.3, 0.4) is 0 Å². The number of ketones is 1. The van der Waals surface area contributed by atoms with E-state index >= 15 is 0 Å². The van der Waals surface area contributed by atoms with Gasteiger partial charge in [0.25, 0.3) is 5.91 Å². The monoisotopic (exact) mass is 292 g/mol. The number of para-hydroxylation sites is 1. The van der Waals surface area contributed by atoms with Crippen molar-refractivity contribution in [3.8, 4) is 0 Å². The molecule has 22 heavy (non-hydrogen) atoms. The third kappa shape index (κ3) is 2.51. The van der Waals surface area contributed by atoms with Gasteiger partial charge in [0.15, 0.2) is 0 Å².